The summed E-state index contributed by atoms with van der Waals surface area (Å²) in [5.74, 6) is 0.849. The molecule has 72 valence electrons. The molecule has 2 aromatic rings. The van der Waals surface area contributed by atoms with E-state index in [2.05, 4.69) is 40.1 Å². The van der Waals surface area contributed by atoms with Gasteiger partial charge in [0.05, 0.1) is 5.33 Å². The molecule has 14 heavy (non-hydrogen) atoms. The zero-order valence-electron chi connectivity index (χ0n) is 7.83. The SMILES string of the molecule is Cc1cccc(-c2cc(CBr)on2)c1. The fraction of sp³-hybridized carbons (Fsp3) is 0.182. The van der Waals surface area contributed by atoms with Crippen molar-refractivity contribution in [3.8, 4) is 11.3 Å². The molecule has 0 atom stereocenters. The van der Waals surface area contributed by atoms with Gasteiger partial charge in [0.25, 0.3) is 0 Å². The van der Waals surface area contributed by atoms with Crippen molar-refractivity contribution in [2.75, 3.05) is 0 Å². The fourth-order valence-electron chi connectivity index (χ4n) is 1.32. The maximum Gasteiger partial charge on any atom is 0.147 e. The summed E-state index contributed by atoms with van der Waals surface area (Å²) in [7, 11) is 0. The lowest BCUT2D eigenvalue weighted by atomic mass is 10.1. The molecule has 0 aliphatic heterocycles. The largest absolute Gasteiger partial charge is 0.360 e. The van der Waals surface area contributed by atoms with Crippen molar-refractivity contribution in [1.29, 1.82) is 0 Å². The topological polar surface area (TPSA) is 26.0 Å². The fourth-order valence-corrected chi connectivity index (χ4v) is 1.58. The molecule has 0 fully saturated rings. The number of aryl methyl sites for hydroxylation is 1. The molecular weight excluding hydrogens is 242 g/mol. The molecule has 1 aromatic carbocycles. The highest BCUT2D eigenvalue weighted by Crippen LogP contribution is 2.20. The number of benzene rings is 1. The molecule has 0 amide bonds. The van der Waals surface area contributed by atoms with E-state index >= 15 is 0 Å². The van der Waals surface area contributed by atoms with Crippen LogP contribution in [-0.4, -0.2) is 5.16 Å². The van der Waals surface area contributed by atoms with Crippen LogP contribution in [0.4, 0.5) is 0 Å². The third-order valence-electron chi connectivity index (χ3n) is 2.00. The highest BCUT2D eigenvalue weighted by Gasteiger charge is 2.04. The molecule has 0 saturated carbocycles. The molecule has 3 heteroatoms. The van der Waals surface area contributed by atoms with Crippen LogP contribution in [0, 0.1) is 6.92 Å². The second kappa shape index (κ2) is 3.96. The molecule has 2 rings (SSSR count). The van der Waals surface area contributed by atoms with Crippen LogP contribution in [-0.2, 0) is 5.33 Å². The van der Waals surface area contributed by atoms with Crippen LogP contribution in [0.2, 0.25) is 0 Å². The first kappa shape index (κ1) is 9.46. The number of halogens is 1. The average Bonchev–Trinajstić information content (AvgIpc) is 2.66. The van der Waals surface area contributed by atoms with Gasteiger partial charge in [-0.1, -0.05) is 44.8 Å². The Hall–Kier alpha value is -1.09. The van der Waals surface area contributed by atoms with E-state index in [-0.39, 0.29) is 0 Å². The Morgan fingerprint density at radius 2 is 2.21 bits per heavy atom. The minimum absolute atomic E-state index is 0.700. The maximum absolute atomic E-state index is 5.11. The molecule has 0 bridgehead atoms. The Balaban J connectivity index is 2.39. The molecule has 0 aliphatic rings. The van der Waals surface area contributed by atoms with Crippen LogP contribution in [0.5, 0.6) is 0 Å². The predicted molar refractivity (Wildman–Crippen MR) is 59.3 cm³/mol. The van der Waals surface area contributed by atoms with Crippen LogP contribution in [0.15, 0.2) is 34.9 Å². The summed E-state index contributed by atoms with van der Waals surface area (Å²) >= 11 is 3.32. The van der Waals surface area contributed by atoms with Gasteiger partial charge in [-0.05, 0) is 13.0 Å². The average molecular weight is 252 g/mol. The molecule has 0 aliphatic carbocycles. The van der Waals surface area contributed by atoms with E-state index in [4.69, 9.17) is 4.52 Å². The van der Waals surface area contributed by atoms with Gasteiger partial charge < -0.3 is 4.52 Å². The first-order chi connectivity index (χ1) is 6.79. The quantitative estimate of drug-likeness (QED) is 0.764. The minimum atomic E-state index is 0.700. The van der Waals surface area contributed by atoms with Crippen molar-refractivity contribution in [3.05, 3.63) is 41.7 Å². The van der Waals surface area contributed by atoms with Crippen LogP contribution in [0.1, 0.15) is 11.3 Å². The summed E-state index contributed by atoms with van der Waals surface area (Å²) in [6.07, 6.45) is 0. The van der Waals surface area contributed by atoms with Crippen molar-refractivity contribution in [1.82, 2.24) is 5.16 Å². The smallest absolute Gasteiger partial charge is 0.147 e. The molecule has 1 aromatic heterocycles. The summed E-state index contributed by atoms with van der Waals surface area (Å²) in [5.41, 5.74) is 3.22. The molecule has 2 nitrogen and oxygen atoms in total. The lowest BCUT2D eigenvalue weighted by Crippen LogP contribution is -1.77. The third kappa shape index (κ3) is 1.87. The first-order valence-electron chi connectivity index (χ1n) is 4.38. The van der Waals surface area contributed by atoms with E-state index in [1.165, 1.54) is 5.56 Å². The number of alkyl halides is 1. The lowest BCUT2D eigenvalue weighted by molar-refractivity contribution is 0.398. The Kier molecular flexibility index (Phi) is 2.68. The van der Waals surface area contributed by atoms with Gasteiger partial charge in [0.2, 0.25) is 0 Å². The van der Waals surface area contributed by atoms with Gasteiger partial charge >= 0.3 is 0 Å². The van der Waals surface area contributed by atoms with Crippen molar-refractivity contribution < 1.29 is 4.52 Å². The monoisotopic (exact) mass is 251 g/mol. The standard InChI is InChI=1S/C11H10BrNO/c1-8-3-2-4-9(5-8)11-6-10(7-12)14-13-11/h2-6H,7H2,1H3. The second-order valence-electron chi connectivity index (χ2n) is 3.18. The maximum atomic E-state index is 5.11. The van der Waals surface area contributed by atoms with Gasteiger partial charge in [0.15, 0.2) is 0 Å². The summed E-state index contributed by atoms with van der Waals surface area (Å²) in [5, 5.41) is 4.69. The number of rotatable bonds is 2. The second-order valence-corrected chi connectivity index (χ2v) is 3.74. The lowest BCUT2D eigenvalue weighted by Gasteiger charge is -1.95. The number of aromatic nitrogens is 1. The van der Waals surface area contributed by atoms with E-state index in [0.717, 1.165) is 17.0 Å². The van der Waals surface area contributed by atoms with Gasteiger partial charge in [-0.2, -0.15) is 0 Å². The molecule has 0 N–H and O–H groups in total. The molecule has 0 unspecified atom stereocenters. The van der Waals surface area contributed by atoms with Crippen molar-refractivity contribution in [3.63, 3.8) is 0 Å². The van der Waals surface area contributed by atoms with E-state index in [0.29, 0.717) is 5.33 Å². The summed E-state index contributed by atoms with van der Waals surface area (Å²) in [6.45, 7) is 2.06. The van der Waals surface area contributed by atoms with Crippen molar-refractivity contribution >= 4 is 15.9 Å². The van der Waals surface area contributed by atoms with E-state index in [1.807, 2.05) is 18.2 Å². The molecule has 0 radical (unpaired) electrons. The van der Waals surface area contributed by atoms with Gasteiger partial charge in [-0.3, -0.25) is 0 Å². The van der Waals surface area contributed by atoms with Crippen LogP contribution >= 0.6 is 15.9 Å². The molecule has 1 heterocycles. The third-order valence-corrected chi connectivity index (χ3v) is 2.56. The van der Waals surface area contributed by atoms with Crippen molar-refractivity contribution in [2.45, 2.75) is 12.3 Å². The van der Waals surface area contributed by atoms with Crippen LogP contribution in [0.3, 0.4) is 0 Å². The Bertz CT molecular complexity index is 436. The van der Waals surface area contributed by atoms with E-state index in [1.54, 1.807) is 0 Å². The number of hydrogen-bond donors (Lipinski definition) is 0. The predicted octanol–water partition coefficient (Wildman–Crippen LogP) is 3.54. The van der Waals surface area contributed by atoms with E-state index in [9.17, 15) is 0 Å². The molecular formula is C11H10BrNO. The van der Waals surface area contributed by atoms with Gasteiger partial charge in [0, 0.05) is 11.6 Å². The highest BCUT2D eigenvalue weighted by atomic mass is 79.9. The Labute approximate surface area is 91.1 Å². The number of hydrogen-bond acceptors (Lipinski definition) is 2. The van der Waals surface area contributed by atoms with Crippen LogP contribution < -0.4 is 0 Å². The van der Waals surface area contributed by atoms with Gasteiger partial charge in [-0.25, -0.2) is 0 Å². The van der Waals surface area contributed by atoms with Gasteiger partial charge in [-0.15, -0.1) is 0 Å². The van der Waals surface area contributed by atoms with Crippen LogP contribution in [0.25, 0.3) is 11.3 Å². The Morgan fingerprint density at radius 3 is 2.86 bits per heavy atom. The molecule has 0 saturated heterocycles. The zero-order chi connectivity index (χ0) is 9.97. The van der Waals surface area contributed by atoms with Gasteiger partial charge in [0.1, 0.15) is 11.5 Å². The normalized spacial score (nSPS) is 10.4. The summed E-state index contributed by atoms with van der Waals surface area (Å²) in [4.78, 5) is 0. The summed E-state index contributed by atoms with van der Waals surface area (Å²) in [6, 6.07) is 10.2. The highest BCUT2D eigenvalue weighted by molar-refractivity contribution is 9.08. The number of nitrogens with zero attached hydrogens (tertiary/aromatic N) is 1. The zero-order valence-corrected chi connectivity index (χ0v) is 9.41. The Morgan fingerprint density at radius 1 is 1.36 bits per heavy atom. The van der Waals surface area contributed by atoms with Crippen molar-refractivity contribution in [2.24, 2.45) is 0 Å². The summed E-state index contributed by atoms with van der Waals surface area (Å²) < 4.78 is 5.11. The minimum Gasteiger partial charge on any atom is -0.360 e. The van der Waals surface area contributed by atoms with E-state index < -0.39 is 0 Å². The molecule has 0 spiro atoms. The first-order valence-corrected chi connectivity index (χ1v) is 5.50.